The third kappa shape index (κ3) is 4.13. The highest BCUT2D eigenvalue weighted by Crippen LogP contribution is 2.36. The van der Waals surface area contributed by atoms with Crippen molar-refractivity contribution in [3.8, 4) is 11.5 Å². The van der Waals surface area contributed by atoms with Crippen LogP contribution in [0, 0.1) is 11.8 Å². The first-order valence-electron chi connectivity index (χ1n) is 8.08. The predicted octanol–water partition coefficient (Wildman–Crippen LogP) is 3.69. The molecule has 3 nitrogen and oxygen atoms in total. The zero-order valence-electron chi connectivity index (χ0n) is 13.4. The summed E-state index contributed by atoms with van der Waals surface area (Å²) in [4.78, 5) is 0. The molecule has 21 heavy (non-hydrogen) atoms. The van der Waals surface area contributed by atoms with Gasteiger partial charge in [0.1, 0.15) is 0 Å². The minimum Gasteiger partial charge on any atom is -0.504 e. The molecular weight excluding hydrogens is 264 g/mol. The van der Waals surface area contributed by atoms with Gasteiger partial charge in [0.25, 0.3) is 0 Å². The Kier molecular flexibility index (Phi) is 5.51. The van der Waals surface area contributed by atoms with Crippen LogP contribution in [-0.4, -0.2) is 23.4 Å². The lowest BCUT2D eigenvalue weighted by Crippen LogP contribution is -2.17. The number of aliphatic hydroxyl groups is 1. The van der Waals surface area contributed by atoms with Gasteiger partial charge in [-0.1, -0.05) is 26.7 Å². The first-order valence-corrected chi connectivity index (χ1v) is 8.08. The molecule has 2 N–H and O–H groups in total. The van der Waals surface area contributed by atoms with Gasteiger partial charge in [-0.3, -0.25) is 0 Å². The van der Waals surface area contributed by atoms with Crippen LogP contribution in [0.3, 0.4) is 0 Å². The van der Waals surface area contributed by atoms with Crippen molar-refractivity contribution in [2.24, 2.45) is 11.8 Å². The number of rotatable bonds is 6. The molecule has 1 aromatic carbocycles. The number of benzene rings is 1. The molecule has 0 fully saturated rings. The topological polar surface area (TPSA) is 49.7 Å². The monoisotopic (exact) mass is 292 g/mol. The Morgan fingerprint density at radius 1 is 1.29 bits per heavy atom. The van der Waals surface area contributed by atoms with Crippen molar-refractivity contribution in [1.29, 1.82) is 0 Å². The summed E-state index contributed by atoms with van der Waals surface area (Å²) in [5.41, 5.74) is 2.57. The van der Waals surface area contributed by atoms with Crippen molar-refractivity contribution in [3.63, 3.8) is 0 Å². The van der Waals surface area contributed by atoms with Crippen molar-refractivity contribution in [1.82, 2.24) is 0 Å². The van der Waals surface area contributed by atoms with Crippen LogP contribution >= 0.6 is 0 Å². The summed E-state index contributed by atoms with van der Waals surface area (Å²) in [5, 5.41) is 19.7. The molecule has 2 unspecified atom stereocenters. The molecule has 2 rings (SSSR count). The molecule has 0 heterocycles. The molecule has 1 aliphatic carbocycles. The maximum absolute atomic E-state index is 9.87. The second-order valence-corrected chi connectivity index (χ2v) is 6.64. The molecule has 0 saturated heterocycles. The first-order chi connectivity index (χ1) is 10.0. The molecular formula is C18H28O3. The quantitative estimate of drug-likeness (QED) is 0.840. The van der Waals surface area contributed by atoms with Crippen LogP contribution in [0.4, 0.5) is 0 Å². The van der Waals surface area contributed by atoms with Gasteiger partial charge in [0.15, 0.2) is 11.5 Å². The van der Waals surface area contributed by atoms with Crippen molar-refractivity contribution in [2.75, 3.05) is 7.11 Å². The fourth-order valence-corrected chi connectivity index (χ4v) is 3.21. The zero-order valence-corrected chi connectivity index (χ0v) is 13.4. The lowest BCUT2D eigenvalue weighted by molar-refractivity contribution is 0.111. The number of aryl methyl sites for hydroxylation is 1. The van der Waals surface area contributed by atoms with Gasteiger partial charge in [0.2, 0.25) is 0 Å². The van der Waals surface area contributed by atoms with E-state index in [0.717, 1.165) is 25.7 Å². The van der Waals surface area contributed by atoms with Crippen LogP contribution in [-0.2, 0) is 12.8 Å². The van der Waals surface area contributed by atoms with Gasteiger partial charge < -0.3 is 14.9 Å². The van der Waals surface area contributed by atoms with E-state index in [9.17, 15) is 10.2 Å². The fourth-order valence-electron chi connectivity index (χ4n) is 3.21. The van der Waals surface area contributed by atoms with E-state index in [4.69, 9.17) is 4.74 Å². The van der Waals surface area contributed by atoms with Gasteiger partial charge >= 0.3 is 0 Å². The molecule has 3 heteroatoms. The molecule has 2 atom stereocenters. The summed E-state index contributed by atoms with van der Waals surface area (Å²) in [6, 6.07) is 3.84. The fraction of sp³-hybridized carbons (Fsp3) is 0.667. The molecule has 1 aromatic rings. The van der Waals surface area contributed by atoms with Crippen LogP contribution in [0.25, 0.3) is 0 Å². The molecule has 1 aliphatic rings. The third-order valence-electron chi connectivity index (χ3n) is 4.71. The molecule has 0 aliphatic heterocycles. The smallest absolute Gasteiger partial charge is 0.160 e. The molecule has 118 valence electrons. The van der Waals surface area contributed by atoms with E-state index in [1.54, 1.807) is 7.11 Å². The van der Waals surface area contributed by atoms with Crippen molar-refractivity contribution < 1.29 is 14.9 Å². The highest BCUT2D eigenvalue weighted by molar-refractivity contribution is 5.47. The zero-order chi connectivity index (χ0) is 15.4. The normalized spacial score (nSPS) is 19.4. The van der Waals surface area contributed by atoms with Crippen molar-refractivity contribution in [2.45, 2.75) is 58.5 Å². The second-order valence-electron chi connectivity index (χ2n) is 6.64. The number of phenols is 1. The average molecular weight is 292 g/mol. The van der Waals surface area contributed by atoms with E-state index in [-0.39, 0.29) is 11.9 Å². The molecule has 0 amide bonds. The van der Waals surface area contributed by atoms with Gasteiger partial charge in [0.05, 0.1) is 13.2 Å². The number of methoxy groups -OCH3 is 1. The van der Waals surface area contributed by atoms with Crippen LogP contribution in [0.15, 0.2) is 12.1 Å². The van der Waals surface area contributed by atoms with Crippen LogP contribution in [0.1, 0.15) is 50.7 Å². The summed E-state index contributed by atoms with van der Waals surface area (Å²) >= 11 is 0. The lowest BCUT2D eigenvalue weighted by Gasteiger charge is -2.26. The van der Waals surface area contributed by atoms with E-state index in [1.165, 1.54) is 24.0 Å². The van der Waals surface area contributed by atoms with Crippen LogP contribution in [0.2, 0.25) is 0 Å². The van der Waals surface area contributed by atoms with Gasteiger partial charge in [-0.05, 0) is 60.8 Å². The average Bonchev–Trinajstić information content (AvgIpc) is 2.46. The second kappa shape index (κ2) is 7.17. The summed E-state index contributed by atoms with van der Waals surface area (Å²) in [5.74, 6) is 1.86. The maximum atomic E-state index is 9.87. The number of aliphatic hydroxyl groups excluding tert-OH is 1. The highest BCUT2D eigenvalue weighted by atomic mass is 16.5. The summed E-state index contributed by atoms with van der Waals surface area (Å²) in [6.07, 6.45) is 6.27. The molecule has 0 bridgehead atoms. The summed E-state index contributed by atoms with van der Waals surface area (Å²) in [7, 11) is 1.59. The van der Waals surface area contributed by atoms with Gasteiger partial charge in [-0.25, -0.2) is 0 Å². The largest absolute Gasteiger partial charge is 0.504 e. The van der Waals surface area contributed by atoms with Gasteiger partial charge in [-0.15, -0.1) is 0 Å². The lowest BCUT2D eigenvalue weighted by atomic mass is 9.81. The van der Waals surface area contributed by atoms with E-state index in [1.807, 2.05) is 12.1 Å². The minimum atomic E-state index is -0.169. The van der Waals surface area contributed by atoms with E-state index < -0.39 is 0 Å². The van der Waals surface area contributed by atoms with Crippen LogP contribution in [0.5, 0.6) is 11.5 Å². The molecule has 0 radical (unpaired) electrons. The van der Waals surface area contributed by atoms with Crippen molar-refractivity contribution >= 4 is 0 Å². The standard InChI is InChI=1S/C18H28O3/c1-12(2)16(19)6-4-5-13-7-8-14-10-17(20)18(21-3)11-15(14)9-13/h10-13,16,19-20H,4-9H2,1-3H3. The molecule has 0 aromatic heterocycles. The van der Waals surface area contributed by atoms with Crippen molar-refractivity contribution in [3.05, 3.63) is 23.3 Å². The van der Waals surface area contributed by atoms with Gasteiger partial charge in [-0.2, -0.15) is 0 Å². The molecule has 0 saturated carbocycles. The number of ether oxygens (including phenoxy) is 1. The minimum absolute atomic E-state index is 0.169. The van der Waals surface area contributed by atoms with E-state index >= 15 is 0 Å². The number of fused-ring (bicyclic) bond motifs is 1. The number of hydrogen-bond acceptors (Lipinski definition) is 3. The Bertz CT molecular complexity index is 468. The highest BCUT2D eigenvalue weighted by Gasteiger charge is 2.21. The maximum Gasteiger partial charge on any atom is 0.160 e. The Hall–Kier alpha value is -1.22. The molecule has 0 spiro atoms. The third-order valence-corrected chi connectivity index (χ3v) is 4.71. The Morgan fingerprint density at radius 3 is 2.71 bits per heavy atom. The van der Waals surface area contributed by atoms with Crippen LogP contribution < -0.4 is 4.74 Å². The Labute approximate surface area is 128 Å². The number of hydrogen-bond donors (Lipinski definition) is 2. The Morgan fingerprint density at radius 2 is 2.05 bits per heavy atom. The number of phenolic OH excluding ortho intramolecular Hbond substituents is 1. The van der Waals surface area contributed by atoms with E-state index in [2.05, 4.69) is 13.8 Å². The SMILES string of the molecule is COc1cc2c(cc1O)CCC(CCCC(O)C(C)C)C2. The summed E-state index contributed by atoms with van der Waals surface area (Å²) < 4.78 is 5.20. The predicted molar refractivity (Wildman–Crippen MR) is 84.9 cm³/mol. The Balaban J connectivity index is 1.90. The first kappa shape index (κ1) is 16.2. The van der Waals surface area contributed by atoms with E-state index in [0.29, 0.717) is 17.6 Å². The summed E-state index contributed by atoms with van der Waals surface area (Å²) in [6.45, 7) is 4.14. The number of aromatic hydroxyl groups is 1. The van der Waals surface area contributed by atoms with Gasteiger partial charge in [0, 0.05) is 0 Å².